The Balaban J connectivity index is 1.54. The second-order valence-corrected chi connectivity index (χ2v) is 7.21. The van der Waals surface area contributed by atoms with Crippen molar-refractivity contribution >= 4 is 28.6 Å². The summed E-state index contributed by atoms with van der Waals surface area (Å²) in [6.07, 6.45) is 5.23. The number of imidazole rings is 1. The molecule has 0 unspecified atom stereocenters. The van der Waals surface area contributed by atoms with E-state index in [2.05, 4.69) is 46.2 Å². The van der Waals surface area contributed by atoms with Gasteiger partial charge in [-0.1, -0.05) is 6.58 Å². The highest BCUT2D eigenvalue weighted by atomic mass is 16.2. The first kappa shape index (κ1) is 16.9. The average Bonchev–Trinajstić information content (AvgIpc) is 3.04. The summed E-state index contributed by atoms with van der Waals surface area (Å²) in [4.78, 5) is 23.3. The van der Waals surface area contributed by atoms with Crippen LogP contribution in [-0.2, 0) is 11.8 Å². The Morgan fingerprint density at radius 2 is 1.77 bits per heavy atom. The molecule has 6 nitrogen and oxygen atoms in total. The molecule has 1 amide bonds. The van der Waals surface area contributed by atoms with Crippen LogP contribution >= 0.6 is 0 Å². The van der Waals surface area contributed by atoms with Crippen molar-refractivity contribution in [2.75, 3.05) is 49.1 Å². The highest BCUT2D eigenvalue weighted by molar-refractivity contribution is 5.87. The number of amides is 1. The zero-order valence-corrected chi connectivity index (χ0v) is 15.5. The van der Waals surface area contributed by atoms with Gasteiger partial charge in [0.25, 0.3) is 0 Å². The molecule has 1 aromatic heterocycles. The number of nitrogens with zero attached hydrogens (tertiary/aromatic N) is 5. The first-order chi connectivity index (χ1) is 12.7. The van der Waals surface area contributed by atoms with Crippen LogP contribution in [0.5, 0.6) is 0 Å². The molecular weight excluding hydrogens is 326 g/mol. The van der Waals surface area contributed by atoms with Crippen molar-refractivity contribution in [1.82, 2.24) is 14.5 Å². The van der Waals surface area contributed by atoms with Crippen LogP contribution < -0.4 is 9.80 Å². The van der Waals surface area contributed by atoms with Gasteiger partial charge in [-0.15, -0.1) is 0 Å². The number of anilines is 2. The van der Waals surface area contributed by atoms with Crippen molar-refractivity contribution in [1.29, 1.82) is 0 Å². The Morgan fingerprint density at radius 1 is 1.04 bits per heavy atom. The lowest BCUT2D eigenvalue weighted by Crippen LogP contribution is -2.48. The van der Waals surface area contributed by atoms with E-state index in [0.717, 1.165) is 50.7 Å². The van der Waals surface area contributed by atoms with Crippen molar-refractivity contribution < 1.29 is 4.79 Å². The molecule has 6 heteroatoms. The fraction of sp³-hybridized carbons (Fsp3) is 0.500. The number of carbonyl (C=O) groups is 1. The summed E-state index contributed by atoms with van der Waals surface area (Å²) in [6.45, 7) is 8.95. The molecule has 0 bridgehead atoms. The normalized spacial score (nSPS) is 18.4. The zero-order valence-electron chi connectivity index (χ0n) is 15.5. The average molecular weight is 353 g/mol. The van der Waals surface area contributed by atoms with Gasteiger partial charge in [0.2, 0.25) is 11.9 Å². The molecule has 0 spiro atoms. The molecule has 0 radical (unpaired) electrons. The molecule has 2 fully saturated rings. The van der Waals surface area contributed by atoms with Gasteiger partial charge in [-0.25, -0.2) is 4.98 Å². The number of aryl methyl sites for hydroxylation is 1. The Kier molecular flexibility index (Phi) is 4.57. The van der Waals surface area contributed by atoms with Crippen LogP contribution in [-0.4, -0.2) is 59.6 Å². The Hall–Kier alpha value is -2.50. The molecule has 2 aromatic rings. The van der Waals surface area contributed by atoms with Gasteiger partial charge in [-0.05, 0) is 43.5 Å². The van der Waals surface area contributed by atoms with Gasteiger partial charge in [0, 0.05) is 52.0 Å². The monoisotopic (exact) mass is 353 g/mol. The largest absolute Gasteiger partial charge is 0.368 e. The van der Waals surface area contributed by atoms with Crippen LogP contribution in [0.4, 0.5) is 11.6 Å². The van der Waals surface area contributed by atoms with Crippen molar-refractivity contribution in [3.05, 3.63) is 30.9 Å². The van der Waals surface area contributed by atoms with Crippen molar-refractivity contribution in [2.45, 2.75) is 19.3 Å². The van der Waals surface area contributed by atoms with Crippen molar-refractivity contribution in [2.24, 2.45) is 7.05 Å². The van der Waals surface area contributed by atoms with E-state index in [4.69, 9.17) is 4.98 Å². The lowest BCUT2D eigenvalue weighted by molar-refractivity contribution is -0.126. The SMILES string of the molecule is C=CC(=O)N1CCN(c2ccc3c(c2)nc(N2CCCCC2)n3C)CC1. The molecule has 4 rings (SSSR count). The fourth-order valence-corrected chi connectivity index (χ4v) is 4.06. The molecule has 0 N–H and O–H groups in total. The lowest BCUT2D eigenvalue weighted by atomic mass is 10.1. The highest BCUT2D eigenvalue weighted by Crippen LogP contribution is 2.27. The number of piperazine rings is 1. The number of aromatic nitrogens is 2. The van der Waals surface area contributed by atoms with Gasteiger partial charge in [0.05, 0.1) is 11.0 Å². The second-order valence-electron chi connectivity index (χ2n) is 7.21. The van der Waals surface area contributed by atoms with Crippen LogP contribution in [0.15, 0.2) is 30.9 Å². The van der Waals surface area contributed by atoms with Crippen LogP contribution in [0.1, 0.15) is 19.3 Å². The van der Waals surface area contributed by atoms with Crippen molar-refractivity contribution in [3.63, 3.8) is 0 Å². The van der Waals surface area contributed by atoms with Crippen molar-refractivity contribution in [3.8, 4) is 0 Å². The fourth-order valence-electron chi connectivity index (χ4n) is 4.06. The molecule has 138 valence electrons. The molecule has 0 atom stereocenters. The number of fused-ring (bicyclic) bond motifs is 1. The zero-order chi connectivity index (χ0) is 18.1. The summed E-state index contributed by atoms with van der Waals surface area (Å²) in [5.41, 5.74) is 3.41. The molecule has 26 heavy (non-hydrogen) atoms. The number of benzene rings is 1. The van der Waals surface area contributed by atoms with Crippen LogP contribution in [0.3, 0.4) is 0 Å². The number of hydrogen-bond acceptors (Lipinski definition) is 4. The summed E-state index contributed by atoms with van der Waals surface area (Å²) < 4.78 is 2.21. The minimum atomic E-state index is 0.0241. The first-order valence-electron chi connectivity index (χ1n) is 9.55. The van der Waals surface area contributed by atoms with Gasteiger partial charge >= 0.3 is 0 Å². The van der Waals surface area contributed by atoms with Gasteiger partial charge in [0.1, 0.15) is 0 Å². The molecule has 2 aliphatic rings. The minimum Gasteiger partial charge on any atom is -0.368 e. The third-order valence-corrected chi connectivity index (χ3v) is 5.61. The maximum atomic E-state index is 11.7. The molecule has 2 saturated heterocycles. The Bertz CT molecular complexity index is 813. The van der Waals surface area contributed by atoms with E-state index < -0.39 is 0 Å². The summed E-state index contributed by atoms with van der Waals surface area (Å²) in [5, 5.41) is 0. The number of hydrogen-bond donors (Lipinski definition) is 0. The smallest absolute Gasteiger partial charge is 0.246 e. The van der Waals surface area contributed by atoms with Gasteiger partial charge in [-0.2, -0.15) is 0 Å². The van der Waals surface area contributed by atoms with Gasteiger partial charge in [-0.3, -0.25) is 4.79 Å². The van der Waals surface area contributed by atoms with Gasteiger partial charge < -0.3 is 19.3 Å². The minimum absolute atomic E-state index is 0.0241. The van der Waals surface area contributed by atoms with E-state index in [1.54, 1.807) is 0 Å². The highest BCUT2D eigenvalue weighted by Gasteiger charge is 2.21. The Morgan fingerprint density at radius 3 is 2.46 bits per heavy atom. The number of rotatable bonds is 3. The van der Waals surface area contributed by atoms with Crippen LogP contribution in [0.2, 0.25) is 0 Å². The van der Waals surface area contributed by atoms with Gasteiger partial charge in [0.15, 0.2) is 0 Å². The third kappa shape index (κ3) is 3.04. The first-order valence-corrected chi connectivity index (χ1v) is 9.55. The maximum Gasteiger partial charge on any atom is 0.246 e. The van der Waals surface area contributed by atoms with E-state index in [9.17, 15) is 4.79 Å². The Labute approximate surface area is 154 Å². The van der Waals surface area contributed by atoms with E-state index >= 15 is 0 Å². The van der Waals surface area contributed by atoms with E-state index in [1.807, 2.05) is 4.90 Å². The molecule has 2 aliphatic heterocycles. The quantitative estimate of drug-likeness (QED) is 0.795. The predicted molar refractivity (Wildman–Crippen MR) is 106 cm³/mol. The summed E-state index contributed by atoms with van der Waals surface area (Å²) in [6, 6.07) is 6.54. The summed E-state index contributed by atoms with van der Waals surface area (Å²) in [7, 11) is 2.11. The topological polar surface area (TPSA) is 44.6 Å². The van der Waals surface area contributed by atoms with E-state index in [-0.39, 0.29) is 5.91 Å². The van der Waals surface area contributed by atoms with E-state index in [1.165, 1.54) is 36.5 Å². The second kappa shape index (κ2) is 7.02. The molecule has 3 heterocycles. The molecule has 1 aromatic carbocycles. The van der Waals surface area contributed by atoms with Crippen LogP contribution in [0, 0.1) is 0 Å². The van der Waals surface area contributed by atoms with Crippen LogP contribution in [0.25, 0.3) is 11.0 Å². The molecule has 0 saturated carbocycles. The molecule has 0 aliphatic carbocycles. The molecular formula is C20H27N5O. The third-order valence-electron chi connectivity index (χ3n) is 5.61. The standard InChI is InChI=1S/C20H27N5O/c1-3-19(26)24-13-11-23(12-14-24)16-7-8-18-17(15-16)21-20(22(18)2)25-9-5-4-6-10-25/h3,7-8,15H,1,4-6,9-14H2,2H3. The maximum absolute atomic E-state index is 11.7. The van der Waals surface area contributed by atoms with E-state index in [0.29, 0.717) is 0 Å². The number of carbonyl (C=O) groups excluding carboxylic acids is 1. The predicted octanol–water partition coefficient (Wildman–Crippen LogP) is 2.40. The summed E-state index contributed by atoms with van der Waals surface area (Å²) in [5.74, 6) is 1.11. The lowest BCUT2D eigenvalue weighted by Gasteiger charge is -2.35. The summed E-state index contributed by atoms with van der Waals surface area (Å²) >= 11 is 0. The number of piperidine rings is 1.